The lowest BCUT2D eigenvalue weighted by Crippen LogP contribution is -2.32. The highest BCUT2D eigenvalue weighted by Gasteiger charge is 2.13. The van der Waals surface area contributed by atoms with Crippen LogP contribution in [-0.2, 0) is 9.59 Å². The number of rotatable bonds is 5. The highest BCUT2D eigenvalue weighted by molar-refractivity contribution is 7.12. The molecular formula is C20H14FN3O4S. The van der Waals surface area contributed by atoms with Crippen molar-refractivity contribution in [3.05, 3.63) is 82.3 Å². The van der Waals surface area contributed by atoms with Gasteiger partial charge >= 0.3 is 17.8 Å². The average molecular weight is 411 g/mol. The first-order valence-corrected chi connectivity index (χ1v) is 9.15. The van der Waals surface area contributed by atoms with E-state index in [0.717, 1.165) is 12.1 Å². The number of thiophene rings is 1. The van der Waals surface area contributed by atoms with Crippen LogP contribution in [0.25, 0.3) is 0 Å². The summed E-state index contributed by atoms with van der Waals surface area (Å²) in [4.78, 5) is 35.8. The summed E-state index contributed by atoms with van der Waals surface area (Å²) in [6.07, 6.45) is 1.33. The standard InChI is InChI=1S/C20H14FN3O4S/c21-14-5-7-15(8-6-14)23-18(25)19(26)24-22-12-13-3-9-16(10-4-13)28-20(27)17-2-1-11-29-17/h1-12H,(H,23,25)(H,24,26)/b22-12+. The molecule has 2 amide bonds. The van der Waals surface area contributed by atoms with Crippen LogP contribution in [0, 0.1) is 5.82 Å². The van der Waals surface area contributed by atoms with Gasteiger partial charge in [-0.1, -0.05) is 6.07 Å². The van der Waals surface area contributed by atoms with Crippen molar-refractivity contribution >= 4 is 41.0 Å². The van der Waals surface area contributed by atoms with E-state index in [1.807, 2.05) is 0 Å². The lowest BCUT2D eigenvalue weighted by atomic mass is 10.2. The van der Waals surface area contributed by atoms with Crippen molar-refractivity contribution in [2.45, 2.75) is 0 Å². The summed E-state index contributed by atoms with van der Waals surface area (Å²) in [6, 6.07) is 14.8. The van der Waals surface area contributed by atoms with Gasteiger partial charge in [-0.2, -0.15) is 5.10 Å². The number of halogens is 1. The second kappa shape index (κ2) is 9.38. The SMILES string of the molecule is O=C(N/N=C/c1ccc(OC(=O)c2cccs2)cc1)C(=O)Nc1ccc(F)cc1. The predicted molar refractivity (Wildman–Crippen MR) is 106 cm³/mol. The van der Waals surface area contributed by atoms with Crippen LogP contribution in [0.5, 0.6) is 5.75 Å². The highest BCUT2D eigenvalue weighted by Crippen LogP contribution is 2.16. The molecule has 0 atom stereocenters. The number of amides is 2. The molecular weight excluding hydrogens is 397 g/mol. The van der Waals surface area contributed by atoms with E-state index in [-0.39, 0.29) is 5.69 Å². The summed E-state index contributed by atoms with van der Waals surface area (Å²) >= 11 is 1.29. The fraction of sp³-hybridized carbons (Fsp3) is 0. The molecule has 3 rings (SSSR count). The van der Waals surface area contributed by atoms with E-state index in [0.29, 0.717) is 16.2 Å². The van der Waals surface area contributed by atoms with Crippen molar-refractivity contribution in [2.75, 3.05) is 5.32 Å². The molecule has 0 saturated carbocycles. The number of hydrogen-bond donors (Lipinski definition) is 2. The quantitative estimate of drug-likeness (QED) is 0.222. The Morgan fingerprint density at radius 3 is 2.34 bits per heavy atom. The summed E-state index contributed by atoms with van der Waals surface area (Å²) in [5.74, 6) is -2.45. The Balaban J connectivity index is 1.49. The lowest BCUT2D eigenvalue weighted by Gasteiger charge is -2.04. The average Bonchev–Trinajstić information content (AvgIpc) is 3.26. The smallest absolute Gasteiger partial charge is 0.353 e. The molecule has 146 valence electrons. The Morgan fingerprint density at radius 1 is 0.966 bits per heavy atom. The minimum absolute atomic E-state index is 0.281. The van der Waals surface area contributed by atoms with Crippen LogP contribution in [0.3, 0.4) is 0 Å². The Morgan fingerprint density at radius 2 is 1.69 bits per heavy atom. The summed E-state index contributed by atoms with van der Waals surface area (Å²) in [5, 5.41) is 7.80. The van der Waals surface area contributed by atoms with Gasteiger partial charge in [-0.05, 0) is 65.5 Å². The Kier molecular flexibility index (Phi) is 6.43. The predicted octanol–water partition coefficient (Wildman–Crippen LogP) is 3.20. The van der Waals surface area contributed by atoms with Gasteiger partial charge in [-0.15, -0.1) is 11.3 Å². The maximum absolute atomic E-state index is 12.8. The maximum atomic E-state index is 12.8. The summed E-state index contributed by atoms with van der Waals surface area (Å²) in [5.41, 5.74) is 2.98. The van der Waals surface area contributed by atoms with E-state index in [2.05, 4.69) is 15.8 Å². The molecule has 0 aliphatic heterocycles. The van der Waals surface area contributed by atoms with Gasteiger partial charge in [0.15, 0.2) is 0 Å². The molecule has 9 heteroatoms. The van der Waals surface area contributed by atoms with Gasteiger partial charge in [0.1, 0.15) is 16.4 Å². The minimum atomic E-state index is -0.980. The largest absolute Gasteiger partial charge is 0.422 e. The molecule has 29 heavy (non-hydrogen) atoms. The zero-order valence-corrected chi connectivity index (χ0v) is 15.6. The van der Waals surface area contributed by atoms with Crippen LogP contribution < -0.4 is 15.5 Å². The number of hydrogen-bond acceptors (Lipinski definition) is 6. The van der Waals surface area contributed by atoms with Crippen LogP contribution in [0.2, 0.25) is 0 Å². The minimum Gasteiger partial charge on any atom is -0.422 e. The van der Waals surface area contributed by atoms with Crippen molar-refractivity contribution in [3.8, 4) is 5.75 Å². The number of carbonyl (C=O) groups excluding carboxylic acids is 3. The molecule has 7 nitrogen and oxygen atoms in total. The van der Waals surface area contributed by atoms with Crippen molar-refractivity contribution in [1.29, 1.82) is 0 Å². The molecule has 0 radical (unpaired) electrons. The van der Waals surface area contributed by atoms with Gasteiger partial charge in [0.25, 0.3) is 0 Å². The molecule has 1 heterocycles. The third-order valence-electron chi connectivity index (χ3n) is 3.50. The second-order valence-electron chi connectivity index (χ2n) is 5.60. The van der Waals surface area contributed by atoms with E-state index in [1.54, 1.807) is 41.8 Å². The van der Waals surface area contributed by atoms with Gasteiger partial charge in [-0.25, -0.2) is 14.6 Å². The Labute approximate surface area is 168 Å². The van der Waals surface area contributed by atoms with Crippen molar-refractivity contribution in [2.24, 2.45) is 5.10 Å². The molecule has 0 aliphatic rings. The summed E-state index contributed by atoms with van der Waals surface area (Å²) in [7, 11) is 0. The third kappa shape index (κ3) is 5.81. The molecule has 0 fully saturated rings. The second-order valence-corrected chi connectivity index (χ2v) is 6.54. The Bertz CT molecular complexity index is 1030. The number of esters is 1. The number of carbonyl (C=O) groups is 3. The van der Waals surface area contributed by atoms with Gasteiger partial charge in [0.05, 0.1) is 6.21 Å². The zero-order valence-electron chi connectivity index (χ0n) is 14.8. The first-order valence-electron chi connectivity index (χ1n) is 8.27. The van der Waals surface area contributed by atoms with Crippen LogP contribution >= 0.6 is 11.3 Å². The molecule has 2 N–H and O–H groups in total. The fourth-order valence-electron chi connectivity index (χ4n) is 2.11. The zero-order chi connectivity index (χ0) is 20.6. The normalized spacial score (nSPS) is 10.5. The van der Waals surface area contributed by atoms with Gasteiger partial charge in [0.2, 0.25) is 0 Å². The molecule has 2 aromatic carbocycles. The molecule has 0 bridgehead atoms. The molecule has 0 unspecified atom stereocenters. The lowest BCUT2D eigenvalue weighted by molar-refractivity contribution is -0.136. The maximum Gasteiger partial charge on any atom is 0.353 e. The molecule has 0 spiro atoms. The van der Waals surface area contributed by atoms with E-state index in [4.69, 9.17) is 4.74 Å². The van der Waals surface area contributed by atoms with Crippen LogP contribution in [-0.4, -0.2) is 24.0 Å². The molecule has 1 aromatic heterocycles. The first-order chi connectivity index (χ1) is 14.0. The fourth-order valence-corrected chi connectivity index (χ4v) is 2.71. The van der Waals surface area contributed by atoms with Crippen molar-refractivity contribution in [3.63, 3.8) is 0 Å². The summed E-state index contributed by atoms with van der Waals surface area (Å²) < 4.78 is 18.1. The molecule has 3 aromatic rings. The van der Waals surface area contributed by atoms with E-state index in [9.17, 15) is 18.8 Å². The monoisotopic (exact) mass is 411 g/mol. The highest BCUT2D eigenvalue weighted by atomic mass is 32.1. The van der Waals surface area contributed by atoms with Gasteiger partial charge < -0.3 is 10.1 Å². The number of nitrogens with one attached hydrogen (secondary N) is 2. The first kappa shape index (κ1) is 19.9. The van der Waals surface area contributed by atoms with E-state index >= 15 is 0 Å². The topological polar surface area (TPSA) is 96.9 Å². The van der Waals surface area contributed by atoms with Crippen LogP contribution in [0.1, 0.15) is 15.2 Å². The number of benzene rings is 2. The molecule has 0 aliphatic carbocycles. The Hall–Kier alpha value is -3.85. The molecule has 0 saturated heterocycles. The summed E-state index contributed by atoms with van der Waals surface area (Å²) in [6.45, 7) is 0. The number of anilines is 1. The van der Waals surface area contributed by atoms with E-state index in [1.165, 1.54) is 29.7 Å². The van der Waals surface area contributed by atoms with Gasteiger partial charge in [-0.3, -0.25) is 9.59 Å². The van der Waals surface area contributed by atoms with Crippen LogP contribution in [0.15, 0.2) is 71.1 Å². The van der Waals surface area contributed by atoms with Crippen molar-refractivity contribution < 1.29 is 23.5 Å². The van der Waals surface area contributed by atoms with Gasteiger partial charge in [0, 0.05) is 5.69 Å². The van der Waals surface area contributed by atoms with Crippen molar-refractivity contribution in [1.82, 2.24) is 5.43 Å². The van der Waals surface area contributed by atoms with E-state index < -0.39 is 23.6 Å². The number of hydrazone groups is 1. The third-order valence-corrected chi connectivity index (χ3v) is 4.35. The van der Waals surface area contributed by atoms with Crippen LogP contribution in [0.4, 0.5) is 10.1 Å². The number of ether oxygens (including phenoxy) is 1. The number of nitrogens with zero attached hydrogens (tertiary/aromatic N) is 1.